The smallest absolute Gasteiger partial charge is 0.167 e. The molecule has 1 aliphatic heterocycles. The number of rotatable bonds is 4. The summed E-state index contributed by atoms with van der Waals surface area (Å²) in [6, 6.07) is 15.7. The lowest BCUT2D eigenvalue weighted by Crippen LogP contribution is -2.45. The Morgan fingerprint density at radius 2 is 1.81 bits per heavy atom. The number of methoxy groups -OCH3 is 1. The van der Waals surface area contributed by atoms with Crippen LogP contribution < -0.4 is 4.74 Å². The third kappa shape index (κ3) is 3.52. The number of likely N-dealkylation sites (tertiary alicyclic amines) is 1. The van der Waals surface area contributed by atoms with E-state index in [0.717, 1.165) is 49.4 Å². The quantitative estimate of drug-likeness (QED) is 0.902. The van der Waals surface area contributed by atoms with Crippen molar-refractivity contribution < 1.29 is 14.6 Å². The molecule has 0 amide bonds. The maximum absolute atomic E-state index is 12.8. The number of fused-ring (bicyclic) bond motifs is 1. The van der Waals surface area contributed by atoms with Gasteiger partial charge in [-0.25, -0.2) is 0 Å². The molecule has 0 saturated carbocycles. The van der Waals surface area contributed by atoms with Crippen molar-refractivity contribution in [1.82, 2.24) is 4.90 Å². The van der Waals surface area contributed by atoms with Gasteiger partial charge in [0, 0.05) is 36.7 Å². The molecule has 1 unspecified atom stereocenters. The van der Waals surface area contributed by atoms with Crippen molar-refractivity contribution in [3.63, 3.8) is 0 Å². The predicted molar refractivity (Wildman–Crippen MR) is 105 cm³/mol. The van der Waals surface area contributed by atoms with Crippen LogP contribution in [-0.4, -0.2) is 42.5 Å². The Hall–Kier alpha value is -2.17. The standard InChI is InChI=1S/C23H27NO3/c1-27-21-9-5-4-8-20(21)23(26)12-14-24(15-13-23)16-18-11-10-17-6-2-3-7-19(17)22(18)25/h2-9,18,26H,10-16H2,1H3. The molecule has 4 rings (SSSR count). The van der Waals surface area contributed by atoms with E-state index in [2.05, 4.69) is 11.0 Å². The normalized spacial score (nSPS) is 22.3. The van der Waals surface area contributed by atoms with E-state index in [1.54, 1.807) is 7.11 Å². The summed E-state index contributed by atoms with van der Waals surface area (Å²) in [6.45, 7) is 2.37. The molecule has 1 heterocycles. The summed E-state index contributed by atoms with van der Waals surface area (Å²) in [7, 11) is 1.64. The molecule has 2 aromatic rings. The van der Waals surface area contributed by atoms with Gasteiger partial charge >= 0.3 is 0 Å². The van der Waals surface area contributed by atoms with Gasteiger partial charge < -0.3 is 14.7 Å². The maximum Gasteiger partial charge on any atom is 0.167 e. The molecule has 1 atom stereocenters. The van der Waals surface area contributed by atoms with E-state index in [1.807, 2.05) is 42.5 Å². The second kappa shape index (κ2) is 7.45. The molecule has 1 fully saturated rings. The second-order valence-electron chi connectivity index (χ2n) is 7.79. The van der Waals surface area contributed by atoms with Gasteiger partial charge in [0.15, 0.2) is 5.78 Å². The van der Waals surface area contributed by atoms with Crippen LogP contribution in [0.25, 0.3) is 0 Å². The lowest BCUT2D eigenvalue weighted by molar-refractivity contribution is -0.0298. The number of carbonyl (C=O) groups is 1. The Labute approximate surface area is 160 Å². The molecular weight excluding hydrogens is 338 g/mol. The summed E-state index contributed by atoms with van der Waals surface area (Å²) in [5.74, 6) is 1.09. The third-order valence-electron chi connectivity index (χ3n) is 6.19. The minimum atomic E-state index is -0.855. The average Bonchev–Trinajstić information content (AvgIpc) is 2.72. The van der Waals surface area contributed by atoms with Crippen molar-refractivity contribution in [1.29, 1.82) is 0 Å². The van der Waals surface area contributed by atoms with Crippen molar-refractivity contribution in [2.45, 2.75) is 31.3 Å². The van der Waals surface area contributed by atoms with E-state index in [-0.39, 0.29) is 11.7 Å². The number of para-hydroxylation sites is 1. The topological polar surface area (TPSA) is 49.8 Å². The molecular formula is C23H27NO3. The molecule has 1 saturated heterocycles. The molecule has 1 N–H and O–H groups in total. The zero-order valence-corrected chi connectivity index (χ0v) is 15.9. The SMILES string of the molecule is COc1ccccc1C1(O)CCN(CC2CCc3ccccc3C2=O)CC1. The minimum Gasteiger partial charge on any atom is -0.496 e. The highest BCUT2D eigenvalue weighted by Gasteiger charge is 2.37. The Morgan fingerprint density at radius 3 is 2.59 bits per heavy atom. The number of piperidine rings is 1. The van der Waals surface area contributed by atoms with Crippen LogP contribution in [0.2, 0.25) is 0 Å². The maximum atomic E-state index is 12.8. The van der Waals surface area contributed by atoms with Crippen molar-refractivity contribution in [2.24, 2.45) is 5.92 Å². The van der Waals surface area contributed by atoms with Gasteiger partial charge in [-0.05, 0) is 37.3 Å². The van der Waals surface area contributed by atoms with E-state index in [4.69, 9.17) is 4.74 Å². The minimum absolute atomic E-state index is 0.0670. The zero-order valence-electron chi connectivity index (χ0n) is 15.9. The lowest BCUT2D eigenvalue weighted by atomic mass is 9.81. The van der Waals surface area contributed by atoms with Crippen LogP contribution in [0.1, 0.15) is 40.7 Å². The van der Waals surface area contributed by atoms with Crippen LogP contribution >= 0.6 is 0 Å². The number of Topliss-reactive ketones (excluding diaryl/α,β-unsaturated/α-hetero) is 1. The van der Waals surface area contributed by atoms with Crippen LogP contribution in [0.15, 0.2) is 48.5 Å². The van der Waals surface area contributed by atoms with E-state index in [0.29, 0.717) is 12.8 Å². The van der Waals surface area contributed by atoms with E-state index in [9.17, 15) is 9.90 Å². The first kappa shape index (κ1) is 18.2. The van der Waals surface area contributed by atoms with Gasteiger partial charge in [0.2, 0.25) is 0 Å². The van der Waals surface area contributed by atoms with Gasteiger partial charge in [-0.1, -0.05) is 42.5 Å². The number of ether oxygens (including phenoxy) is 1. The molecule has 0 bridgehead atoms. The van der Waals surface area contributed by atoms with Crippen LogP contribution in [0.4, 0.5) is 0 Å². The Morgan fingerprint density at radius 1 is 1.11 bits per heavy atom. The van der Waals surface area contributed by atoms with Crippen LogP contribution in [0.5, 0.6) is 5.75 Å². The highest BCUT2D eigenvalue weighted by molar-refractivity contribution is 6.00. The molecule has 2 aromatic carbocycles. The predicted octanol–water partition coefficient (Wildman–Crippen LogP) is 3.42. The number of benzene rings is 2. The average molecular weight is 365 g/mol. The highest BCUT2D eigenvalue weighted by Crippen LogP contribution is 2.38. The van der Waals surface area contributed by atoms with Gasteiger partial charge in [-0.3, -0.25) is 4.79 Å². The van der Waals surface area contributed by atoms with Crippen LogP contribution in [0.3, 0.4) is 0 Å². The molecule has 0 spiro atoms. The molecule has 4 nitrogen and oxygen atoms in total. The summed E-state index contributed by atoms with van der Waals surface area (Å²) in [5.41, 5.74) is 2.10. The fraction of sp³-hybridized carbons (Fsp3) is 0.435. The monoisotopic (exact) mass is 365 g/mol. The molecule has 27 heavy (non-hydrogen) atoms. The molecule has 4 heteroatoms. The van der Waals surface area contributed by atoms with Gasteiger partial charge in [-0.15, -0.1) is 0 Å². The van der Waals surface area contributed by atoms with Crippen molar-refractivity contribution in [2.75, 3.05) is 26.7 Å². The summed E-state index contributed by atoms with van der Waals surface area (Å²) in [5, 5.41) is 11.2. The van der Waals surface area contributed by atoms with Gasteiger partial charge in [0.25, 0.3) is 0 Å². The molecule has 1 aliphatic carbocycles. The highest BCUT2D eigenvalue weighted by atomic mass is 16.5. The van der Waals surface area contributed by atoms with E-state index < -0.39 is 5.60 Å². The lowest BCUT2D eigenvalue weighted by Gasteiger charge is -2.40. The van der Waals surface area contributed by atoms with Crippen molar-refractivity contribution >= 4 is 5.78 Å². The van der Waals surface area contributed by atoms with E-state index >= 15 is 0 Å². The number of hydrogen-bond acceptors (Lipinski definition) is 4. The zero-order chi connectivity index (χ0) is 18.9. The third-order valence-corrected chi connectivity index (χ3v) is 6.19. The molecule has 0 radical (unpaired) electrons. The number of hydrogen-bond donors (Lipinski definition) is 1. The van der Waals surface area contributed by atoms with Crippen LogP contribution in [-0.2, 0) is 12.0 Å². The Balaban J connectivity index is 1.41. The molecule has 2 aliphatic rings. The van der Waals surface area contributed by atoms with Gasteiger partial charge in [0.05, 0.1) is 12.7 Å². The largest absolute Gasteiger partial charge is 0.496 e. The first-order chi connectivity index (χ1) is 13.1. The van der Waals surface area contributed by atoms with Gasteiger partial charge in [-0.2, -0.15) is 0 Å². The second-order valence-corrected chi connectivity index (χ2v) is 7.79. The number of nitrogens with zero attached hydrogens (tertiary/aromatic N) is 1. The van der Waals surface area contributed by atoms with Crippen LogP contribution in [0, 0.1) is 5.92 Å². The number of aryl methyl sites for hydroxylation is 1. The first-order valence-corrected chi connectivity index (χ1v) is 9.81. The molecule has 142 valence electrons. The summed E-state index contributed by atoms with van der Waals surface area (Å²) >= 11 is 0. The van der Waals surface area contributed by atoms with Crippen molar-refractivity contribution in [3.05, 3.63) is 65.2 Å². The first-order valence-electron chi connectivity index (χ1n) is 9.81. The fourth-order valence-corrected chi connectivity index (χ4v) is 4.55. The van der Waals surface area contributed by atoms with Gasteiger partial charge in [0.1, 0.15) is 5.75 Å². The molecule has 0 aromatic heterocycles. The van der Waals surface area contributed by atoms with Crippen molar-refractivity contribution in [3.8, 4) is 5.75 Å². The number of ketones is 1. The summed E-state index contributed by atoms with van der Waals surface area (Å²) < 4.78 is 5.44. The number of carbonyl (C=O) groups excluding carboxylic acids is 1. The van der Waals surface area contributed by atoms with E-state index in [1.165, 1.54) is 5.56 Å². The Bertz CT molecular complexity index is 824. The number of aliphatic hydroxyl groups is 1. The fourth-order valence-electron chi connectivity index (χ4n) is 4.55. The Kier molecular flexibility index (Phi) is 5.02. The summed E-state index contributed by atoms with van der Waals surface area (Å²) in [4.78, 5) is 15.2. The summed E-state index contributed by atoms with van der Waals surface area (Å²) in [6.07, 6.45) is 3.21.